The van der Waals surface area contributed by atoms with Gasteiger partial charge in [-0.1, -0.05) is 12.2 Å². The van der Waals surface area contributed by atoms with Crippen molar-refractivity contribution in [3.05, 3.63) is 12.2 Å². The van der Waals surface area contributed by atoms with E-state index in [2.05, 4.69) is 0 Å². The molecule has 4 atom stereocenters. The third kappa shape index (κ3) is 1.04. The number of aliphatic hydroxyl groups excluding tert-OH is 2. The third-order valence-electron chi connectivity index (χ3n) is 2.33. The van der Waals surface area contributed by atoms with Crippen LogP contribution >= 0.6 is 0 Å². The molecule has 0 aromatic rings. The predicted molar refractivity (Wildman–Crippen MR) is 39.1 cm³/mol. The molecular formula is C8H10O4. The summed E-state index contributed by atoms with van der Waals surface area (Å²) in [5.41, 5.74) is 0. The summed E-state index contributed by atoms with van der Waals surface area (Å²) < 4.78 is 4.85. The summed E-state index contributed by atoms with van der Waals surface area (Å²) in [5.74, 6) is -0.362. The summed E-state index contributed by atoms with van der Waals surface area (Å²) in [4.78, 5) is 10.8. The lowest BCUT2D eigenvalue weighted by atomic mass is 9.88. The molecule has 2 rings (SSSR count). The van der Waals surface area contributed by atoms with Gasteiger partial charge in [-0.2, -0.15) is 0 Å². The van der Waals surface area contributed by atoms with E-state index in [-0.39, 0.29) is 11.9 Å². The second-order valence-electron chi connectivity index (χ2n) is 3.19. The Hall–Kier alpha value is -0.870. The highest BCUT2D eigenvalue weighted by molar-refractivity contribution is 5.72. The van der Waals surface area contributed by atoms with Gasteiger partial charge in [-0.25, -0.2) is 0 Å². The third-order valence-corrected chi connectivity index (χ3v) is 2.33. The Morgan fingerprint density at radius 3 is 2.92 bits per heavy atom. The van der Waals surface area contributed by atoms with E-state index in [1.54, 1.807) is 6.08 Å². The summed E-state index contributed by atoms with van der Waals surface area (Å²) >= 11 is 0. The van der Waals surface area contributed by atoms with E-state index in [9.17, 15) is 15.0 Å². The fraction of sp³-hybridized carbons (Fsp3) is 0.625. The van der Waals surface area contributed by atoms with Gasteiger partial charge in [0.25, 0.3) is 0 Å². The molecule has 1 aliphatic carbocycles. The summed E-state index contributed by atoms with van der Waals surface area (Å²) in [7, 11) is 0. The Morgan fingerprint density at radius 1 is 1.42 bits per heavy atom. The van der Waals surface area contributed by atoms with Gasteiger partial charge < -0.3 is 14.9 Å². The number of aliphatic hydroxyl groups is 2. The Balaban J connectivity index is 2.21. The summed E-state index contributed by atoms with van der Waals surface area (Å²) in [6.07, 6.45) is 1.13. The van der Waals surface area contributed by atoms with E-state index in [1.807, 2.05) is 0 Å². The Labute approximate surface area is 69.5 Å². The minimum absolute atomic E-state index is 0.0594. The van der Waals surface area contributed by atoms with Crippen LogP contribution in [-0.4, -0.2) is 34.5 Å². The maximum absolute atomic E-state index is 10.8. The van der Waals surface area contributed by atoms with Crippen LogP contribution in [0.1, 0.15) is 6.42 Å². The van der Waals surface area contributed by atoms with Crippen LogP contribution in [0.2, 0.25) is 0 Å². The molecule has 2 N–H and O–H groups in total. The molecule has 4 heteroatoms. The maximum Gasteiger partial charge on any atom is 0.306 e. The highest BCUT2D eigenvalue weighted by atomic mass is 16.6. The van der Waals surface area contributed by atoms with E-state index < -0.39 is 18.3 Å². The SMILES string of the molecule is O=C1CC2C=CC(O)C(O)C2O1. The molecule has 12 heavy (non-hydrogen) atoms. The monoisotopic (exact) mass is 170 g/mol. The van der Waals surface area contributed by atoms with Crippen LogP contribution in [0.15, 0.2) is 12.2 Å². The molecule has 1 saturated heterocycles. The van der Waals surface area contributed by atoms with Gasteiger partial charge in [-0.15, -0.1) is 0 Å². The van der Waals surface area contributed by atoms with Crippen molar-refractivity contribution in [3.8, 4) is 0 Å². The molecule has 66 valence electrons. The number of hydrogen-bond acceptors (Lipinski definition) is 4. The first kappa shape index (κ1) is 7.76. The van der Waals surface area contributed by atoms with Crippen molar-refractivity contribution in [2.75, 3.05) is 0 Å². The van der Waals surface area contributed by atoms with Gasteiger partial charge in [-0.3, -0.25) is 4.79 Å². The fourth-order valence-electron chi connectivity index (χ4n) is 1.66. The lowest BCUT2D eigenvalue weighted by Crippen LogP contribution is -2.42. The van der Waals surface area contributed by atoms with Gasteiger partial charge in [0.05, 0.1) is 6.42 Å². The van der Waals surface area contributed by atoms with Crippen molar-refractivity contribution < 1.29 is 19.7 Å². The highest BCUT2D eigenvalue weighted by Gasteiger charge is 2.42. The standard InChI is InChI=1S/C8H10O4/c9-5-2-1-4-3-6(10)12-8(4)7(5)11/h1-2,4-5,7-9,11H,3H2. The summed E-state index contributed by atoms with van der Waals surface area (Å²) in [6.45, 7) is 0. The quantitative estimate of drug-likeness (QED) is 0.369. The van der Waals surface area contributed by atoms with E-state index in [0.29, 0.717) is 6.42 Å². The van der Waals surface area contributed by atoms with Crippen molar-refractivity contribution >= 4 is 5.97 Å². The summed E-state index contributed by atoms with van der Waals surface area (Å²) in [6, 6.07) is 0. The number of carbonyl (C=O) groups is 1. The van der Waals surface area contributed by atoms with Crippen LogP contribution in [0.4, 0.5) is 0 Å². The second kappa shape index (κ2) is 2.57. The lowest BCUT2D eigenvalue weighted by Gasteiger charge is -2.27. The van der Waals surface area contributed by atoms with Crippen molar-refractivity contribution in [1.82, 2.24) is 0 Å². The van der Waals surface area contributed by atoms with Crippen molar-refractivity contribution in [1.29, 1.82) is 0 Å². The Kier molecular flexibility index (Phi) is 1.66. The maximum atomic E-state index is 10.8. The molecule has 4 unspecified atom stereocenters. The molecule has 0 amide bonds. The van der Waals surface area contributed by atoms with E-state index in [1.165, 1.54) is 6.08 Å². The fourth-order valence-corrected chi connectivity index (χ4v) is 1.66. The molecule has 4 nitrogen and oxygen atoms in total. The van der Waals surface area contributed by atoms with Gasteiger partial charge in [0, 0.05) is 5.92 Å². The zero-order valence-corrected chi connectivity index (χ0v) is 6.38. The van der Waals surface area contributed by atoms with E-state index in [4.69, 9.17) is 4.74 Å². The van der Waals surface area contributed by atoms with Crippen molar-refractivity contribution in [3.63, 3.8) is 0 Å². The predicted octanol–water partition coefficient (Wildman–Crippen LogP) is -0.790. The van der Waals surface area contributed by atoms with E-state index >= 15 is 0 Å². The number of esters is 1. The van der Waals surface area contributed by atoms with Gasteiger partial charge in [0.15, 0.2) is 0 Å². The van der Waals surface area contributed by atoms with Crippen molar-refractivity contribution in [2.24, 2.45) is 5.92 Å². The average Bonchev–Trinajstić information content (AvgIpc) is 2.39. The number of fused-ring (bicyclic) bond motifs is 1. The largest absolute Gasteiger partial charge is 0.459 e. The van der Waals surface area contributed by atoms with Crippen LogP contribution in [0.25, 0.3) is 0 Å². The molecule has 0 spiro atoms. The average molecular weight is 170 g/mol. The normalized spacial score (nSPS) is 45.7. The van der Waals surface area contributed by atoms with Crippen LogP contribution in [0, 0.1) is 5.92 Å². The molecule has 0 aromatic carbocycles. The zero-order valence-electron chi connectivity index (χ0n) is 6.38. The number of carbonyl (C=O) groups excluding carboxylic acids is 1. The molecule has 1 fully saturated rings. The van der Waals surface area contributed by atoms with Gasteiger partial charge in [-0.05, 0) is 0 Å². The molecular weight excluding hydrogens is 160 g/mol. The minimum atomic E-state index is -0.966. The van der Waals surface area contributed by atoms with Crippen LogP contribution < -0.4 is 0 Å². The topological polar surface area (TPSA) is 66.8 Å². The summed E-state index contributed by atoms with van der Waals surface area (Å²) in [5, 5.41) is 18.6. The lowest BCUT2D eigenvalue weighted by molar-refractivity contribution is -0.148. The van der Waals surface area contributed by atoms with Gasteiger partial charge >= 0.3 is 5.97 Å². The smallest absolute Gasteiger partial charge is 0.306 e. The number of hydrogen-bond donors (Lipinski definition) is 2. The Morgan fingerprint density at radius 2 is 2.17 bits per heavy atom. The number of rotatable bonds is 0. The molecule has 1 heterocycles. The second-order valence-corrected chi connectivity index (χ2v) is 3.19. The van der Waals surface area contributed by atoms with Crippen LogP contribution in [0.3, 0.4) is 0 Å². The van der Waals surface area contributed by atoms with Gasteiger partial charge in [0.2, 0.25) is 0 Å². The minimum Gasteiger partial charge on any atom is -0.459 e. The molecule has 0 saturated carbocycles. The first-order valence-corrected chi connectivity index (χ1v) is 3.92. The zero-order chi connectivity index (χ0) is 8.72. The first-order chi connectivity index (χ1) is 5.68. The number of ether oxygens (including phenoxy) is 1. The molecule has 0 aromatic heterocycles. The molecule has 0 radical (unpaired) electrons. The molecule has 2 aliphatic rings. The van der Waals surface area contributed by atoms with Crippen LogP contribution in [-0.2, 0) is 9.53 Å². The van der Waals surface area contributed by atoms with Crippen molar-refractivity contribution in [2.45, 2.75) is 24.7 Å². The van der Waals surface area contributed by atoms with E-state index in [0.717, 1.165) is 0 Å². The van der Waals surface area contributed by atoms with Crippen LogP contribution in [0.5, 0.6) is 0 Å². The highest BCUT2D eigenvalue weighted by Crippen LogP contribution is 2.30. The molecule has 0 bridgehead atoms. The van der Waals surface area contributed by atoms with Gasteiger partial charge in [0.1, 0.15) is 18.3 Å². The molecule has 1 aliphatic heterocycles. The first-order valence-electron chi connectivity index (χ1n) is 3.92. The Bertz CT molecular complexity index is 235.